The monoisotopic (exact) mass is 289 g/mol. The molecule has 0 radical (unpaired) electrons. The Morgan fingerprint density at radius 1 is 1.40 bits per heavy atom. The highest BCUT2D eigenvalue weighted by Gasteiger charge is 2.47. The maximum atomic E-state index is 11.7. The van der Waals surface area contributed by atoms with Gasteiger partial charge in [-0.05, 0) is 31.4 Å². The fourth-order valence-corrected chi connectivity index (χ4v) is 3.25. The van der Waals surface area contributed by atoms with Gasteiger partial charge in [-0.2, -0.15) is 0 Å². The third kappa shape index (κ3) is 2.02. The summed E-state index contributed by atoms with van der Waals surface area (Å²) in [5, 5.41) is 3.84. The van der Waals surface area contributed by atoms with E-state index in [4.69, 9.17) is 4.52 Å². The molecule has 1 aromatic heterocycles. The van der Waals surface area contributed by atoms with E-state index in [1.807, 2.05) is 25.1 Å². The van der Waals surface area contributed by atoms with Crippen LogP contribution in [0.3, 0.4) is 0 Å². The molecule has 1 heterocycles. The van der Waals surface area contributed by atoms with Gasteiger partial charge in [0.15, 0.2) is 5.76 Å². The molecule has 1 atom stereocenters. The Kier molecular flexibility index (Phi) is 3.09. The highest BCUT2D eigenvalue weighted by Crippen LogP contribution is 2.49. The number of nitrogens with zero attached hydrogens (tertiary/aromatic N) is 1. The number of aromatic nitrogens is 1. The minimum atomic E-state index is -1.06. The molecule has 104 valence electrons. The molecule has 20 heavy (non-hydrogen) atoms. The zero-order valence-electron chi connectivity index (χ0n) is 11.4. The second kappa shape index (κ2) is 4.66. The van der Waals surface area contributed by atoms with Crippen molar-refractivity contribution in [1.82, 2.24) is 5.16 Å². The third-order valence-corrected chi connectivity index (χ3v) is 4.94. The van der Waals surface area contributed by atoms with E-state index in [-0.39, 0.29) is 0 Å². The predicted octanol–water partition coefficient (Wildman–Crippen LogP) is 2.62. The highest BCUT2D eigenvalue weighted by atomic mass is 32.2. The van der Waals surface area contributed by atoms with Gasteiger partial charge in [-0.1, -0.05) is 17.3 Å². The number of carbonyl (C=O) groups is 1. The highest BCUT2D eigenvalue weighted by molar-refractivity contribution is 7.84. The summed E-state index contributed by atoms with van der Waals surface area (Å²) in [4.78, 5) is 12.1. The van der Waals surface area contributed by atoms with E-state index in [9.17, 15) is 9.00 Å². The lowest BCUT2D eigenvalue weighted by Crippen LogP contribution is -2.07. The lowest BCUT2D eigenvalue weighted by molar-refractivity contribution is -0.109. The summed E-state index contributed by atoms with van der Waals surface area (Å²) >= 11 is 0. The van der Waals surface area contributed by atoms with Crippen LogP contribution in [0, 0.1) is 6.92 Å². The number of hydrogen-bond donors (Lipinski definition) is 0. The summed E-state index contributed by atoms with van der Waals surface area (Å²) in [6.45, 7) is 1.93. The van der Waals surface area contributed by atoms with Crippen LogP contribution in [0.5, 0.6) is 0 Å². The van der Waals surface area contributed by atoms with Gasteiger partial charge in [0.1, 0.15) is 6.29 Å². The molecule has 1 aliphatic carbocycles. The Bertz CT molecular complexity index is 701. The Morgan fingerprint density at radius 2 is 2.15 bits per heavy atom. The molecule has 0 bridgehead atoms. The third-order valence-electron chi connectivity index (χ3n) is 3.88. The Hall–Kier alpha value is -1.75. The normalized spacial score (nSPS) is 17.7. The van der Waals surface area contributed by atoms with Crippen molar-refractivity contribution in [1.29, 1.82) is 0 Å². The Morgan fingerprint density at radius 3 is 2.75 bits per heavy atom. The summed E-state index contributed by atoms with van der Waals surface area (Å²) in [6, 6.07) is 5.69. The smallest absolute Gasteiger partial charge is 0.171 e. The Balaban J connectivity index is 2.11. The van der Waals surface area contributed by atoms with E-state index in [0.29, 0.717) is 5.76 Å². The molecule has 0 spiro atoms. The van der Waals surface area contributed by atoms with Crippen LogP contribution in [0.4, 0.5) is 0 Å². The molecule has 1 fully saturated rings. The summed E-state index contributed by atoms with van der Waals surface area (Å²) in [6.07, 6.45) is 5.93. The van der Waals surface area contributed by atoms with E-state index in [2.05, 4.69) is 5.16 Å². The summed E-state index contributed by atoms with van der Waals surface area (Å²) < 4.78 is 17.1. The van der Waals surface area contributed by atoms with Gasteiger partial charge in [-0.3, -0.25) is 4.21 Å². The van der Waals surface area contributed by atoms with E-state index in [0.717, 1.165) is 40.7 Å². The van der Waals surface area contributed by atoms with E-state index < -0.39 is 16.2 Å². The minimum Gasteiger partial charge on any atom is -0.356 e. The topological polar surface area (TPSA) is 60.2 Å². The quantitative estimate of drug-likeness (QED) is 0.812. The Labute approximate surface area is 119 Å². The first-order chi connectivity index (χ1) is 9.57. The standard InChI is InChI=1S/C15H15NO3S/c1-10-3-4-11(7-13(10)20(2)18)14-12(8-16-19-14)15(9-17)5-6-15/h3-4,7-9H,5-6H2,1-2H3. The predicted molar refractivity (Wildman–Crippen MR) is 76.0 cm³/mol. The van der Waals surface area contributed by atoms with Crippen LogP contribution in [0.15, 0.2) is 33.8 Å². The van der Waals surface area contributed by atoms with Crippen LogP contribution >= 0.6 is 0 Å². The van der Waals surface area contributed by atoms with Gasteiger partial charge in [0.2, 0.25) is 0 Å². The van der Waals surface area contributed by atoms with Crippen LogP contribution < -0.4 is 0 Å². The number of rotatable bonds is 4. The van der Waals surface area contributed by atoms with Crippen molar-refractivity contribution in [3.8, 4) is 11.3 Å². The van der Waals surface area contributed by atoms with Crippen LogP contribution in [-0.4, -0.2) is 21.9 Å². The van der Waals surface area contributed by atoms with E-state index >= 15 is 0 Å². The number of benzene rings is 1. The van der Waals surface area contributed by atoms with E-state index in [1.165, 1.54) is 0 Å². The maximum absolute atomic E-state index is 11.7. The van der Waals surface area contributed by atoms with Gasteiger partial charge in [-0.25, -0.2) is 0 Å². The number of aldehydes is 1. The second-order valence-corrected chi connectivity index (χ2v) is 6.63. The molecule has 2 aromatic rings. The summed E-state index contributed by atoms with van der Waals surface area (Å²) in [5.74, 6) is 0.612. The first kappa shape index (κ1) is 13.2. The van der Waals surface area contributed by atoms with E-state index in [1.54, 1.807) is 12.5 Å². The average molecular weight is 289 g/mol. The van der Waals surface area contributed by atoms with Crippen molar-refractivity contribution in [3.63, 3.8) is 0 Å². The van der Waals surface area contributed by atoms with Gasteiger partial charge in [0.25, 0.3) is 0 Å². The second-order valence-electron chi connectivity index (χ2n) is 5.28. The molecule has 1 saturated carbocycles. The lowest BCUT2D eigenvalue weighted by Gasteiger charge is -2.08. The maximum Gasteiger partial charge on any atom is 0.171 e. The van der Waals surface area contributed by atoms with Crippen molar-refractivity contribution in [2.24, 2.45) is 0 Å². The largest absolute Gasteiger partial charge is 0.356 e. The van der Waals surface area contributed by atoms with Crippen molar-refractivity contribution in [2.45, 2.75) is 30.1 Å². The molecule has 3 rings (SSSR count). The molecule has 0 amide bonds. The van der Waals surface area contributed by atoms with Crippen LogP contribution in [0.25, 0.3) is 11.3 Å². The molecule has 0 N–H and O–H groups in total. The average Bonchev–Trinajstić information content (AvgIpc) is 3.08. The molecule has 1 aliphatic rings. The first-order valence-electron chi connectivity index (χ1n) is 6.43. The van der Waals surface area contributed by atoms with Crippen LogP contribution in [-0.2, 0) is 21.0 Å². The summed E-state index contributed by atoms with van der Waals surface area (Å²) in [7, 11) is -1.06. The number of carbonyl (C=O) groups excluding carboxylic acids is 1. The molecule has 1 aromatic carbocycles. The number of hydrogen-bond acceptors (Lipinski definition) is 4. The number of aryl methyl sites for hydroxylation is 1. The van der Waals surface area contributed by atoms with Crippen molar-refractivity contribution < 1.29 is 13.5 Å². The summed E-state index contributed by atoms with van der Waals surface area (Å²) in [5.41, 5.74) is 2.21. The minimum absolute atomic E-state index is 0.425. The fourth-order valence-electron chi connectivity index (χ4n) is 2.44. The van der Waals surface area contributed by atoms with Crippen LogP contribution in [0.1, 0.15) is 24.0 Å². The molecular weight excluding hydrogens is 274 g/mol. The molecule has 1 unspecified atom stereocenters. The van der Waals surface area contributed by atoms with Gasteiger partial charge in [-0.15, -0.1) is 0 Å². The molecule has 4 nitrogen and oxygen atoms in total. The zero-order chi connectivity index (χ0) is 14.3. The van der Waals surface area contributed by atoms with Gasteiger partial charge in [0.05, 0.1) is 22.4 Å². The van der Waals surface area contributed by atoms with Crippen molar-refractivity contribution >= 4 is 17.1 Å². The molecule has 0 saturated heterocycles. The van der Waals surface area contributed by atoms with Crippen LogP contribution in [0.2, 0.25) is 0 Å². The van der Waals surface area contributed by atoms with Crippen molar-refractivity contribution in [3.05, 3.63) is 35.5 Å². The van der Waals surface area contributed by atoms with Crippen molar-refractivity contribution in [2.75, 3.05) is 6.26 Å². The molecule has 5 heteroatoms. The zero-order valence-corrected chi connectivity index (χ0v) is 12.2. The lowest BCUT2D eigenvalue weighted by atomic mass is 9.95. The first-order valence-corrected chi connectivity index (χ1v) is 7.99. The molecular formula is C15H15NO3S. The van der Waals surface area contributed by atoms with Gasteiger partial charge in [0, 0.05) is 22.3 Å². The van der Waals surface area contributed by atoms with Gasteiger partial charge >= 0.3 is 0 Å². The van der Waals surface area contributed by atoms with Gasteiger partial charge < -0.3 is 9.32 Å². The fraction of sp³-hybridized carbons (Fsp3) is 0.333. The molecule has 0 aliphatic heterocycles. The SMILES string of the molecule is Cc1ccc(-c2oncc2C2(C=O)CC2)cc1S(C)=O.